The summed E-state index contributed by atoms with van der Waals surface area (Å²) in [5.41, 5.74) is 2.44. The molecule has 0 spiro atoms. The molecule has 0 unspecified atom stereocenters. The summed E-state index contributed by atoms with van der Waals surface area (Å²) in [7, 11) is 0. The van der Waals surface area contributed by atoms with Gasteiger partial charge in [0, 0.05) is 38.1 Å². The standard InChI is InChI=1S/C21H21N5O3/c1-15-6-2-3-7-16(15)22-20(28)19-23-18(17-8-4-5-9-26(17)19)21(29)25-12-10-24(14-27)11-13-25/h2-9,14H,10-13H2,1H3,(H,22,28). The van der Waals surface area contributed by atoms with Crippen LogP contribution in [0.3, 0.4) is 0 Å². The number of fused-ring (bicyclic) bond motifs is 1. The lowest BCUT2D eigenvalue weighted by molar-refractivity contribution is -0.119. The van der Waals surface area contributed by atoms with Crippen molar-refractivity contribution in [3.8, 4) is 0 Å². The van der Waals surface area contributed by atoms with E-state index in [1.165, 1.54) is 0 Å². The number of nitrogens with one attached hydrogen (secondary N) is 1. The van der Waals surface area contributed by atoms with Gasteiger partial charge in [0.05, 0.1) is 5.52 Å². The summed E-state index contributed by atoms with van der Waals surface area (Å²) in [6, 6.07) is 12.8. The second kappa shape index (κ2) is 7.75. The molecule has 0 aliphatic carbocycles. The van der Waals surface area contributed by atoms with Crippen molar-refractivity contribution >= 4 is 29.4 Å². The van der Waals surface area contributed by atoms with Crippen LogP contribution in [-0.4, -0.2) is 63.6 Å². The number of carbonyl (C=O) groups excluding carboxylic acids is 3. The SMILES string of the molecule is Cc1ccccc1NC(=O)c1nc(C(=O)N2CCN(C=O)CC2)c2ccccn12. The predicted molar refractivity (Wildman–Crippen MR) is 108 cm³/mol. The Morgan fingerprint density at radius 2 is 1.76 bits per heavy atom. The van der Waals surface area contributed by atoms with Crippen LogP contribution in [0.4, 0.5) is 5.69 Å². The number of imidazole rings is 1. The Kier molecular flexibility index (Phi) is 4.99. The van der Waals surface area contributed by atoms with Gasteiger partial charge in [-0.15, -0.1) is 0 Å². The maximum absolute atomic E-state index is 13.1. The van der Waals surface area contributed by atoms with Gasteiger partial charge in [0.1, 0.15) is 0 Å². The molecular formula is C21H21N5O3. The van der Waals surface area contributed by atoms with Crippen molar-refractivity contribution in [2.24, 2.45) is 0 Å². The first-order valence-electron chi connectivity index (χ1n) is 9.41. The molecule has 0 atom stereocenters. The zero-order valence-electron chi connectivity index (χ0n) is 16.0. The van der Waals surface area contributed by atoms with Crippen LogP contribution in [0.15, 0.2) is 48.7 Å². The van der Waals surface area contributed by atoms with E-state index in [1.807, 2.05) is 31.2 Å². The van der Waals surface area contributed by atoms with E-state index < -0.39 is 0 Å². The van der Waals surface area contributed by atoms with E-state index >= 15 is 0 Å². The van der Waals surface area contributed by atoms with Crippen molar-refractivity contribution in [1.82, 2.24) is 19.2 Å². The van der Waals surface area contributed by atoms with Crippen molar-refractivity contribution in [1.29, 1.82) is 0 Å². The molecule has 3 aromatic rings. The average Bonchev–Trinajstić information content (AvgIpc) is 3.15. The van der Waals surface area contributed by atoms with Crippen LogP contribution in [-0.2, 0) is 4.79 Å². The lowest BCUT2D eigenvalue weighted by atomic mass is 10.2. The number of aromatic nitrogens is 2. The highest BCUT2D eigenvalue weighted by Gasteiger charge is 2.27. The molecule has 29 heavy (non-hydrogen) atoms. The fraction of sp³-hybridized carbons (Fsp3) is 0.238. The zero-order valence-corrected chi connectivity index (χ0v) is 16.0. The molecule has 1 saturated heterocycles. The fourth-order valence-corrected chi connectivity index (χ4v) is 3.43. The molecule has 1 fully saturated rings. The minimum absolute atomic E-state index is 0.152. The monoisotopic (exact) mass is 391 g/mol. The molecule has 2 aromatic heterocycles. The van der Waals surface area contributed by atoms with Crippen LogP contribution in [0.25, 0.3) is 5.52 Å². The highest BCUT2D eigenvalue weighted by molar-refractivity contribution is 6.06. The van der Waals surface area contributed by atoms with Crippen LogP contribution >= 0.6 is 0 Å². The lowest BCUT2D eigenvalue weighted by Crippen LogP contribution is -2.48. The molecule has 0 bridgehead atoms. The number of anilines is 1. The van der Waals surface area contributed by atoms with Gasteiger partial charge in [-0.05, 0) is 30.7 Å². The number of rotatable bonds is 4. The molecular weight excluding hydrogens is 370 g/mol. The van der Waals surface area contributed by atoms with E-state index in [4.69, 9.17) is 0 Å². The number of amides is 3. The van der Waals surface area contributed by atoms with E-state index in [1.54, 1.807) is 38.6 Å². The number of hydrogen-bond acceptors (Lipinski definition) is 4. The smallest absolute Gasteiger partial charge is 0.292 e. The average molecular weight is 391 g/mol. The summed E-state index contributed by atoms with van der Waals surface area (Å²) in [5.74, 6) is -0.474. The second-order valence-corrected chi connectivity index (χ2v) is 6.94. The number of hydrogen-bond donors (Lipinski definition) is 1. The Morgan fingerprint density at radius 1 is 1.03 bits per heavy atom. The summed E-state index contributed by atoms with van der Waals surface area (Å²) in [6.07, 6.45) is 2.51. The third-order valence-electron chi connectivity index (χ3n) is 5.10. The molecule has 8 heteroatoms. The number of pyridine rings is 1. The minimum Gasteiger partial charge on any atom is -0.342 e. The van der Waals surface area contributed by atoms with Crippen LogP contribution in [0.2, 0.25) is 0 Å². The minimum atomic E-state index is -0.384. The Bertz CT molecular complexity index is 1080. The Hall–Kier alpha value is -3.68. The normalized spacial score (nSPS) is 14.1. The van der Waals surface area contributed by atoms with Crippen molar-refractivity contribution in [2.75, 3.05) is 31.5 Å². The molecule has 8 nitrogen and oxygen atoms in total. The summed E-state index contributed by atoms with van der Waals surface area (Å²) in [6.45, 7) is 3.76. The van der Waals surface area contributed by atoms with E-state index in [0.717, 1.165) is 12.0 Å². The molecule has 0 radical (unpaired) electrons. The Labute approximate surface area is 167 Å². The first-order chi connectivity index (χ1) is 14.1. The summed E-state index contributed by atoms with van der Waals surface area (Å²) >= 11 is 0. The Balaban J connectivity index is 1.65. The zero-order chi connectivity index (χ0) is 20.4. The van der Waals surface area contributed by atoms with Crippen LogP contribution < -0.4 is 5.32 Å². The molecule has 1 aliphatic heterocycles. The van der Waals surface area contributed by atoms with Crippen molar-refractivity contribution in [3.05, 3.63) is 65.7 Å². The quantitative estimate of drug-likeness (QED) is 0.687. The van der Waals surface area contributed by atoms with E-state index in [-0.39, 0.29) is 23.3 Å². The van der Waals surface area contributed by atoms with E-state index in [0.29, 0.717) is 37.4 Å². The number of aryl methyl sites for hydroxylation is 1. The summed E-state index contributed by atoms with van der Waals surface area (Å²) in [5, 5.41) is 2.87. The maximum Gasteiger partial charge on any atom is 0.292 e. The first-order valence-corrected chi connectivity index (χ1v) is 9.41. The molecule has 1 aliphatic rings. The van der Waals surface area contributed by atoms with E-state index in [9.17, 15) is 14.4 Å². The largest absolute Gasteiger partial charge is 0.342 e. The molecule has 3 amide bonds. The number of carbonyl (C=O) groups is 3. The van der Waals surface area contributed by atoms with Crippen LogP contribution in [0, 0.1) is 6.92 Å². The number of nitrogens with zero attached hydrogens (tertiary/aromatic N) is 4. The van der Waals surface area contributed by atoms with Crippen molar-refractivity contribution in [2.45, 2.75) is 6.92 Å². The number of para-hydroxylation sites is 1. The van der Waals surface area contributed by atoms with Gasteiger partial charge in [-0.2, -0.15) is 0 Å². The number of benzene rings is 1. The maximum atomic E-state index is 13.1. The molecule has 4 rings (SSSR count). The molecule has 3 heterocycles. The van der Waals surface area contributed by atoms with Gasteiger partial charge in [0.15, 0.2) is 5.69 Å². The third kappa shape index (κ3) is 3.56. The van der Waals surface area contributed by atoms with Gasteiger partial charge < -0.3 is 15.1 Å². The van der Waals surface area contributed by atoms with Crippen molar-refractivity contribution < 1.29 is 14.4 Å². The van der Waals surface area contributed by atoms with E-state index in [2.05, 4.69) is 10.3 Å². The summed E-state index contributed by atoms with van der Waals surface area (Å²) < 4.78 is 1.63. The number of piperazine rings is 1. The topological polar surface area (TPSA) is 87.0 Å². The van der Waals surface area contributed by atoms with Gasteiger partial charge in [0.2, 0.25) is 12.2 Å². The molecule has 1 aromatic carbocycles. The van der Waals surface area contributed by atoms with Gasteiger partial charge in [-0.1, -0.05) is 24.3 Å². The highest BCUT2D eigenvalue weighted by atomic mass is 16.2. The van der Waals surface area contributed by atoms with Crippen LogP contribution in [0.1, 0.15) is 26.7 Å². The van der Waals surface area contributed by atoms with Gasteiger partial charge in [-0.25, -0.2) is 4.98 Å². The van der Waals surface area contributed by atoms with Gasteiger partial charge >= 0.3 is 0 Å². The predicted octanol–water partition coefficient (Wildman–Crippen LogP) is 1.81. The molecule has 148 valence electrons. The fourth-order valence-electron chi connectivity index (χ4n) is 3.43. The van der Waals surface area contributed by atoms with Crippen molar-refractivity contribution in [3.63, 3.8) is 0 Å². The lowest BCUT2D eigenvalue weighted by Gasteiger charge is -2.32. The van der Waals surface area contributed by atoms with Crippen LogP contribution in [0.5, 0.6) is 0 Å². The van der Waals surface area contributed by atoms with Gasteiger partial charge in [0.25, 0.3) is 11.8 Å². The first kappa shape index (κ1) is 18.7. The molecule has 1 N–H and O–H groups in total. The van der Waals surface area contributed by atoms with Gasteiger partial charge in [-0.3, -0.25) is 18.8 Å². The Morgan fingerprint density at radius 3 is 2.48 bits per heavy atom. The summed E-state index contributed by atoms with van der Waals surface area (Å²) in [4.78, 5) is 44.6. The molecule has 0 saturated carbocycles. The highest BCUT2D eigenvalue weighted by Crippen LogP contribution is 2.19. The second-order valence-electron chi connectivity index (χ2n) is 6.94. The third-order valence-corrected chi connectivity index (χ3v) is 5.10.